The van der Waals surface area contributed by atoms with Crippen molar-refractivity contribution in [3.8, 4) is 0 Å². The third-order valence-electron chi connectivity index (χ3n) is 2.76. The molecule has 0 aliphatic heterocycles. The highest BCUT2D eigenvalue weighted by molar-refractivity contribution is 4.69. The summed E-state index contributed by atoms with van der Waals surface area (Å²) >= 11 is 0. The van der Waals surface area contributed by atoms with Crippen LogP contribution in [-0.4, -0.2) is 25.3 Å². The van der Waals surface area contributed by atoms with Crippen molar-refractivity contribution in [3.05, 3.63) is 0 Å². The maximum absolute atomic E-state index is 5.62. The molecule has 0 saturated carbocycles. The zero-order valence-electron chi connectivity index (χ0n) is 12.5. The van der Waals surface area contributed by atoms with Crippen molar-refractivity contribution in [3.63, 3.8) is 0 Å². The van der Waals surface area contributed by atoms with Crippen LogP contribution in [0, 0.1) is 0 Å². The Kier molecular flexibility index (Phi) is 11.0. The highest BCUT2D eigenvalue weighted by atomic mass is 16.5. The van der Waals surface area contributed by atoms with Crippen molar-refractivity contribution in [1.82, 2.24) is 5.32 Å². The number of hydrogen-bond acceptors (Lipinski definition) is 2. The lowest BCUT2D eigenvalue weighted by Crippen LogP contribution is -2.36. The van der Waals surface area contributed by atoms with E-state index in [4.69, 9.17) is 4.74 Å². The molecule has 1 N–H and O–H groups in total. The first-order valence-corrected chi connectivity index (χ1v) is 7.39. The van der Waals surface area contributed by atoms with E-state index in [9.17, 15) is 0 Å². The molecule has 2 heteroatoms. The monoisotopic (exact) mass is 243 g/mol. The molecule has 0 bridgehead atoms. The second-order valence-electron chi connectivity index (χ2n) is 5.91. The molecule has 0 atom stereocenters. The number of rotatable bonds is 11. The zero-order valence-corrected chi connectivity index (χ0v) is 12.5. The minimum Gasteiger partial charge on any atom is -0.381 e. The van der Waals surface area contributed by atoms with Crippen molar-refractivity contribution in [1.29, 1.82) is 0 Å². The van der Waals surface area contributed by atoms with Gasteiger partial charge in [-0.1, -0.05) is 32.6 Å². The molecule has 0 radical (unpaired) electrons. The Hall–Kier alpha value is -0.0800. The van der Waals surface area contributed by atoms with E-state index in [-0.39, 0.29) is 5.54 Å². The smallest absolute Gasteiger partial charge is 0.0466 e. The Morgan fingerprint density at radius 2 is 1.41 bits per heavy atom. The Labute approximate surface area is 109 Å². The number of nitrogens with one attached hydrogen (secondary N) is 1. The molecule has 0 rings (SSSR count). The van der Waals surface area contributed by atoms with E-state index in [1.807, 2.05) is 0 Å². The molecule has 0 saturated heterocycles. The van der Waals surface area contributed by atoms with Crippen LogP contribution >= 0.6 is 0 Å². The fourth-order valence-electron chi connectivity index (χ4n) is 1.70. The maximum Gasteiger partial charge on any atom is 0.0466 e. The van der Waals surface area contributed by atoms with Crippen LogP contribution in [0.3, 0.4) is 0 Å². The summed E-state index contributed by atoms with van der Waals surface area (Å²) in [5.74, 6) is 0. The maximum atomic E-state index is 5.62. The van der Waals surface area contributed by atoms with Crippen LogP contribution in [-0.2, 0) is 4.74 Å². The van der Waals surface area contributed by atoms with Crippen molar-refractivity contribution >= 4 is 0 Å². The van der Waals surface area contributed by atoms with E-state index in [1.165, 1.54) is 44.9 Å². The zero-order chi connectivity index (χ0) is 13.0. The molecule has 0 amide bonds. The van der Waals surface area contributed by atoms with E-state index in [0.29, 0.717) is 0 Å². The second-order valence-corrected chi connectivity index (χ2v) is 5.91. The Balaban J connectivity index is 2.99. The SMILES string of the molecule is CCCCCCCOCCCCNC(C)(C)C. The predicted molar refractivity (Wildman–Crippen MR) is 76.6 cm³/mol. The molecule has 0 aromatic heterocycles. The molecule has 17 heavy (non-hydrogen) atoms. The molecule has 0 unspecified atom stereocenters. The van der Waals surface area contributed by atoms with E-state index in [2.05, 4.69) is 33.0 Å². The van der Waals surface area contributed by atoms with E-state index >= 15 is 0 Å². The highest BCUT2D eigenvalue weighted by Gasteiger charge is 2.06. The van der Waals surface area contributed by atoms with Crippen molar-refractivity contribution < 1.29 is 4.74 Å². The van der Waals surface area contributed by atoms with Gasteiger partial charge in [0, 0.05) is 18.8 Å². The molecule has 0 aliphatic rings. The number of unbranched alkanes of at least 4 members (excludes halogenated alkanes) is 5. The summed E-state index contributed by atoms with van der Waals surface area (Å²) in [6.07, 6.45) is 9.03. The van der Waals surface area contributed by atoms with Crippen LogP contribution in [0.2, 0.25) is 0 Å². The van der Waals surface area contributed by atoms with Crippen molar-refractivity contribution in [2.75, 3.05) is 19.8 Å². The van der Waals surface area contributed by atoms with Gasteiger partial charge in [0.15, 0.2) is 0 Å². The average Bonchev–Trinajstić information content (AvgIpc) is 2.24. The van der Waals surface area contributed by atoms with Gasteiger partial charge in [0.2, 0.25) is 0 Å². The minimum atomic E-state index is 0.250. The largest absolute Gasteiger partial charge is 0.381 e. The summed E-state index contributed by atoms with van der Waals surface area (Å²) in [5, 5.41) is 3.49. The summed E-state index contributed by atoms with van der Waals surface area (Å²) < 4.78 is 5.62. The van der Waals surface area contributed by atoms with Gasteiger partial charge in [0.25, 0.3) is 0 Å². The van der Waals surface area contributed by atoms with Crippen LogP contribution in [0.15, 0.2) is 0 Å². The number of hydrogen-bond donors (Lipinski definition) is 1. The van der Waals surface area contributed by atoms with Gasteiger partial charge in [0.05, 0.1) is 0 Å². The van der Waals surface area contributed by atoms with Crippen LogP contribution in [0.1, 0.15) is 72.6 Å². The first kappa shape index (κ1) is 16.9. The van der Waals surface area contributed by atoms with Gasteiger partial charge < -0.3 is 10.1 Å². The highest BCUT2D eigenvalue weighted by Crippen LogP contribution is 2.03. The normalized spacial score (nSPS) is 12.0. The molecule has 0 heterocycles. The molecule has 104 valence electrons. The Bertz CT molecular complexity index is 151. The van der Waals surface area contributed by atoms with Gasteiger partial charge in [-0.05, 0) is 46.6 Å². The van der Waals surface area contributed by atoms with Gasteiger partial charge in [-0.3, -0.25) is 0 Å². The third-order valence-corrected chi connectivity index (χ3v) is 2.76. The lowest BCUT2D eigenvalue weighted by atomic mass is 10.1. The molecule has 0 aromatic rings. The molecule has 0 aromatic carbocycles. The first-order chi connectivity index (χ1) is 8.06. The fraction of sp³-hybridized carbons (Fsp3) is 1.00. The summed E-state index contributed by atoms with van der Waals surface area (Å²) in [6.45, 7) is 11.9. The summed E-state index contributed by atoms with van der Waals surface area (Å²) in [7, 11) is 0. The molecule has 0 fully saturated rings. The number of ether oxygens (including phenoxy) is 1. The van der Waals surface area contributed by atoms with Crippen LogP contribution in [0.25, 0.3) is 0 Å². The van der Waals surface area contributed by atoms with Gasteiger partial charge in [-0.2, -0.15) is 0 Å². The van der Waals surface area contributed by atoms with Gasteiger partial charge in [-0.15, -0.1) is 0 Å². The molecule has 0 aliphatic carbocycles. The van der Waals surface area contributed by atoms with Crippen LogP contribution in [0.4, 0.5) is 0 Å². The second kappa shape index (κ2) is 11.0. The van der Waals surface area contributed by atoms with Gasteiger partial charge in [-0.25, -0.2) is 0 Å². The van der Waals surface area contributed by atoms with E-state index in [1.54, 1.807) is 0 Å². The van der Waals surface area contributed by atoms with E-state index < -0.39 is 0 Å². The Morgan fingerprint density at radius 3 is 2.00 bits per heavy atom. The lowest BCUT2D eigenvalue weighted by molar-refractivity contribution is 0.125. The molecule has 2 nitrogen and oxygen atoms in total. The molecule has 0 spiro atoms. The fourth-order valence-corrected chi connectivity index (χ4v) is 1.70. The third kappa shape index (κ3) is 15.9. The van der Waals surface area contributed by atoms with E-state index in [0.717, 1.165) is 19.8 Å². The van der Waals surface area contributed by atoms with Crippen molar-refractivity contribution in [2.45, 2.75) is 78.2 Å². The van der Waals surface area contributed by atoms with Gasteiger partial charge in [0.1, 0.15) is 0 Å². The predicted octanol–water partition coefficient (Wildman–Crippen LogP) is 4.14. The van der Waals surface area contributed by atoms with Crippen LogP contribution in [0.5, 0.6) is 0 Å². The topological polar surface area (TPSA) is 21.3 Å². The molecular weight excluding hydrogens is 210 g/mol. The van der Waals surface area contributed by atoms with Crippen LogP contribution < -0.4 is 5.32 Å². The lowest BCUT2D eigenvalue weighted by Gasteiger charge is -2.20. The summed E-state index contributed by atoms with van der Waals surface area (Å²) in [4.78, 5) is 0. The van der Waals surface area contributed by atoms with Crippen molar-refractivity contribution in [2.24, 2.45) is 0 Å². The Morgan fingerprint density at radius 1 is 0.824 bits per heavy atom. The average molecular weight is 243 g/mol. The quantitative estimate of drug-likeness (QED) is 0.551. The summed E-state index contributed by atoms with van der Waals surface area (Å²) in [6, 6.07) is 0. The minimum absolute atomic E-state index is 0.250. The molecular formula is C15H33NO. The van der Waals surface area contributed by atoms with Gasteiger partial charge >= 0.3 is 0 Å². The first-order valence-electron chi connectivity index (χ1n) is 7.39. The summed E-state index contributed by atoms with van der Waals surface area (Å²) in [5.41, 5.74) is 0.250. The standard InChI is InChI=1S/C15H33NO/c1-5-6-7-8-10-13-17-14-11-9-12-16-15(2,3)4/h16H,5-14H2,1-4H3.